The van der Waals surface area contributed by atoms with Gasteiger partial charge in [-0.1, -0.05) is 18.2 Å². The minimum absolute atomic E-state index is 0.228. The van der Waals surface area contributed by atoms with Crippen LogP contribution < -0.4 is 22.0 Å². The molecule has 0 bridgehead atoms. The average molecular weight is 286 g/mol. The van der Waals surface area contributed by atoms with Crippen LogP contribution in [0.15, 0.2) is 52.1 Å². The van der Waals surface area contributed by atoms with E-state index < -0.39 is 6.17 Å². The van der Waals surface area contributed by atoms with E-state index in [4.69, 9.17) is 0 Å². The summed E-state index contributed by atoms with van der Waals surface area (Å²) in [6.07, 6.45) is 0.118. The summed E-state index contributed by atoms with van der Waals surface area (Å²) in [4.78, 5) is 35.4. The smallest absolute Gasteiger partial charge is 0.266 e. The summed E-state index contributed by atoms with van der Waals surface area (Å²) in [6, 6.07) is 11.2. The molecule has 1 aliphatic heterocycles. The third-order valence-corrected chi connectivity index (χ3v) is 3.41. The highest BCUT2D eigenvalue weighted by Gasteiger charge is 2.23. The maximum atomic E-state index is 11.9. The van der Waals surface area contributed by atoms with Gasteiger partial charge >= 0.3 is 0 Å². The van der Waals surface area contributed by atoms with Gasteiger partial charge in [0, 0.05) is 30.7 Å². The number of nitrogens with zero attached hydrogens (tertiary/aromatic N) is 2. The molecule has 1 atom stereocenters. The van der Waals surface area contributed by atoms with Gasteiger partial charge in [-0.05, 0) is 12.1 Å². The second-order valence-electron chi connectivity index (χ2n) is 4.75. The first-order valence-electron chi connectivity index (χ1n) is 6.60. The van der Waals surface area contributed by atoms with Crippen molar-refractivity contribution in [1.82, 2.24) is 20.2 Å². The topological polar surface area (TPSA) is 85.1 Å². The number of hydrogen-bond acceptors (Lipinski definition) is 4. The van der Waals surface area contributed by atoms with Crippen molar-refractivity contribution in [2.24, 2.45) is 0 Å². The molecule has 0 spiro atoms. The van der Waals surface area contributed by atoms with E-state index >= 15 is 0 Å². The second-order valence-corrected chi connectivity index (χ2v) is 4.75. The molecule has 0 saturated carbocycles. The van der Waals surface area contributed by atoms with E-state index in [9.17, 15) is 14.4 Å². The molecule has 1 unspecified atom stereocenters. The van der Waals surface area contributed by atoms with Gasteiger partial charge in [0.15, 0.2) is 0 Å². The predicted octanol–water partition coefficient (Wildman–Crippen LogP) is -0.153. The summed E-state index contributed by atoms with van der Waals surface area (Å²) in [7, 11) is 0. The molecule has 0 radical (unpaired) electrons. The number of carbonyl (C=O) groups is 1. The SMILES string of the molecule is O=C(NNC1CCn2c(=O)ccc(=O)n21)c1ccccc1. The number of aromatic nitrogens is 2. The molecule has 1 amide bonds. The zero-order valence-electron chi connectivity index (χ0n) is 11.2. The third kappa shape index (κ3) is 2.50. The lowest BCUT2D eigenvalue weighted by atomic mass is 10.2. The molecule has 2 N–H and O–H groups in total. The number of nitrogens with one attached hydrogen (secondary N) is 2. The van der Waals surface area contributed by atoms with E-state index in [1.165, 1.54) is 21.5 Å². The largest absolute Gasteiger partial charge is 0.285 e. The predicted molar refractivity (Wildman–Crippen MR) is 75.7 cm³/mol. The lowest BCUT2D eigenvalue weighted by molar-refractivity contribution is 0.0915. The van der Waals surface area contributed by atoms with Crippen LogP contribution in [0, 0.1) is 0 Å². The lowest BCUT2D eigenvalue weighted by Crippen LogP contribution is -2.45. The zero-order chi connectivity index (χ0) is 14.8. The van der Waals surface area contributed by atoms with Crippen LogP contribution in [0.4, 0.5) is 0 Å². The summed E-state index contributed by atoms with van der Waals surface area (Å²) in [6.45, 7) is 0.438. The molecular formula is C14H14N4O3. The van der Waals surface area contributed by atoms with Gasteiger partial charge in [-0.2, -0.15) is 0 Å². The Morgan fingerprint density at radius 3 is 2.52 bits per heavy atom. The second kappa shape index (κ2) is 5.37. The zero-order valence-corrected chi connectivity index (χ0v) is 11.2. The van der Waals surface area contributed by atoms with E-state index in [0.29, 0.717) is 18.5 Å². The van der Waals surface area contributed by atoms with E-state index in [-0.39, 0.29) is 17.0 Å². The van der Waals surface area contributed by atoms with Crippen LogP contribution >= 0.6 is 0 Å². The molecular weight excluding hydrogens is 272 g/mol. The van der Waals surface area contributed by atoms with E-state index in [2.05, 4.69) is 10.9 Å². The summed E-state index contributed by atoms with van der Waals surface area (Å²) in [5.41, 5.74) is 5.38. The van der Waals surface area contributed by atoms with Gasteiger partial charge in [0.2, 0.25) is 0 Å². The van der Waals surface area contributed by atoms with Crippen LogP contribution in [0.3, 0.4) is 0 Å². The maximum Gasteiger partial charge on any atom is 0.266 e. The van der Waals surface area contributed by atoms with Crippen molar-refractivity contribution in [2.45, 2.75) is 19.1 Å². The van der Waals surface area contributed by atoms with Crippen molar-refractivity contribution in [3.63, 3.8) is 0 Å². The Balaban J connectivity index is 1.75. The fourth-order valence-corrected chi connectivity index (χ4v) is 2.38. The molecule has 1 aromatic heterocycles. The normalized spacial score (nSPS) is 16.5. The standard InChI is InChI=1S/C14H14N4O3/c19-12-6-7-13(20)18-11(8-9-17(12)18)15-16-14(21)10-4-2-1-3-5-10/h1-7,11,15H,8-9H2,(H,16,21). The fourth-order valence-electron chi connectivity index (χ4n) is 2.38. The molecule has 0 fully saturated rings. The van der Waals surface area contributed by atoms with E-state index in [1.54, 1.807) is 24.3 Å². The number of benzene rings is 1. The molecule has 3 rings (SSSR count). The van der Waals surface area contributed by atoms with Crippen molar-refractivity contribution in [1.29, 1.82) is 0 Å². The Morgan fingerprint density at radius 1 is 1.05 bits per heavy atom. The van der Waals surface area contributed by atoms with Gasteiger partial charge in [0.25, 0.3) is 17.0 Å². The highest BCUT2D eigenvalue weighted by molar-refractivity contribution is 5.93. The Labute approximate surface area is 119 Å². The fraction of sp³-hybridized carbons (Fsp3) is 0.214. The Kier molecular flexibility index (Phi) is 3.41. The van der Waals surface area contributed by atoms with Crippen molar-refractivity contribution in [3.05, 3.63) is 68.7 Å². The average Bonchev–Trinajstić information content (AvgIpc) is 2.95. The van der Waals surface area contributed by atoms with Crippen molar-refractivity contribution < 1.29 is 4.79 Å². The molecule has 0 aliphatic carbocycles. The number of carbonyl (C=O) groups excluding carboxylic acids is 1. The molecule has 21 heavy (non-hydrogen) atoms. The first-order valence-corrected chi connectivity index (χ1v) is 6.60. The number of rotatable bonds is 3. The molecule has 1 aliphatic rings. The molecule has 1 aromatic carbocycles. The van der Waals surface area contributed by atoms with Gasteiger partial charge < -0.3 is 0 Å². The monoisotopic (exact) mass is 286 g/mol. The molecule has 2 heterocycles. The highest BCUT2D eigenvalue weighted by Crippen LogP contribution is 2.11. The summed E-state index contributed by atoms with van der Waals surface area (Å²) in [5, 5.41) is 0. The van der Waals surface area contributed by atoms with Crippen LogP contribution in [0.1, 0.15) is 22.9 Å². The number of hydrogen-bond donors (Lipinski definition) is 2. The summed E-state index contributed by atoms with van der Waals surface area (Å²) in [5.74, 6) is -0.291. The minimum atomic E-state index is -0.431. The molecule has 7 nitrogen and oxygen atoms in total. The maximum absolute atomic E-state index is 11.9. The van der Waals surface area contributed by atoms with Crippen molar-refractivity contribution in [3.8, 4) is 0 Å². The third-order valence-electron chi connectivity index (χ3n) is 3.41. The Bertz CT molecular complexity index is 779. The van der Waals surface area contributed by atoms with Crippen LogP contribution in [0.5, 0.6) is 0 Å². The number of amides is 1. The molecule has 2 aromatic rings. The van der Waals surface area contributed by atoms with Crippen LogP contribution in [0.2, 0.25) is 0 Å². The molecule has 7 heteroatoms. The first kappa shape index (κ1) is 13.3. The van der Waals surface area contributed by atoms with Gasteiger partial charge in [0.1, 0.15) is 6.17 Å². The van der Waals surface area contributed by atoms with Crippen LogP contribution in [-0.4, -0.2) is 15.3 Å². The first-order chi connectivity index (χ1) is 10.2. The minimum Gasteiger partial charge on any atom is -0.285 e. The quantitative estimate of drug-likeness (QED) is 0.768. The van der Waals surface area contributed by atoms with Crippen molar-refractivity contribution >= 4 is 5.91 Å². The van der Waals surface area contributed by atoms with Crippen LogP contribution in [0.25, 0.3) is 0 Å². The number of fused-ring (bicyclic) bond motifs is 1. The highest BCUT2D eigenvalue weighted by atomic mass is 16.2. The van der Waals surface area contributed by atoms with Gasteiger partial charge in [-0.25, -0.2) is 14.8 Å². The van der Waals surface area contributed by atoms with Gasteiger partial charge in [0.05, 0.1) is 0 Å². The molecule has 108 valence electrons. The summed E-state index contributed by atoms with van der Waals surface area (Å²) >= 11 is 0. The van der Waals surface area contributed by atoms with Gasteiger partial charge in [-0.3, -0.25) is 19.8 Å². The lowest BCUT2D eigenvalue weighted by Gasteiger charge is -2.16. The van der Waals surface area contributed by atoms with Crippen LogP contribution in [-0.2, 0) is 6.54 Å². The molecule has 0 saturated heterocycles. The van der Waals surface area contributed by atoms with E-state index in [1.807, 2.05) is 6.07 Å². The van der Waals surface area contributed by atoms with Gasteiger partial charge in [-0.15, -0.1) is 0 Å². The Hall–Kier alpha value is -2.67. The summed E-state index contributed by atoms with van der Waals surface area (Å²) < 4.78 is 2.70. The van der Waals surface area contributed by atoms with Crippen molar-refractivity contribution in [2.75, 3.05) is 0 Å². The number of hydrazine groups is 1. The Morgan fingerprint density at radius 2 is 1.76 bits per heavy atom. The van der Waals surface area contributed by atoms with E-state index in [0.717, 1.165) is 0 Å².